The second-order valence-electron chi connectivity index (χ2n) is 9.72. The Morgan fingerprint density at radius 3 is 2.44 bits per heavy atom. The van der Waals surface area contributed by atoms with Gasteiger partial charge in [0.15, 0.2) is 0 Å². The lowest BCUT2D eigenvalue weighted by atomic mass is 9.78. The van der Waals surface area contributed by atoms with E-state index in [4.69, 9.17) is 4.74 Å². The molecule has 1 amide bonds. The number of hydrogen-bond acceptors (Lipinski definition) is 5. The molecule has 2 aliphatic heterocycles. The van der Waals surface area contributed by atoms with Gasteiger partial charge in [-0.05, 0) is 56.6 Å². The molecule has 4 rings (SSSR count). The van der Waals surface area contributed by atoms with Crippen LogP contribution in [-0.2, 0) is 14.8 Å². The molecule has 184 valence electrons. The van der Waals surface area contributed by atoms with Crippen LogP contribution in [0, 0.1) is 12.3 Å². The van der Waals surface area contributed by atoms with Crippen molar-refractivity contribution in [2.75, 3.05) is 52.9 Å². The number of nitrogens with zero attached hydrogens (tertiary/aromatic N) is 3. The molecule has 0 bridgehead atoms. The highest BCUT2D eigenvalue weighted by atomic mass is 32.2. The molecule has 0 aliphatic carbocycles. The number of para-hydroxylation sites is 1. The van der Waals surface area contributed by atoms with Crippen LogP contribution in [0.2, 0.25) is 0 Å². The molecule has 0 aromatic heterocycles. The first-order chi connectivity index (χ1) is 16.3. The molecule has 2 heterocycles. The SMILES string of the molecule is Cc1cccc(S(=O)(=O)N2CCCC(COc3ccccc3)(CC(=O)N3CCN(C)CC3)C2)c1. The van der Waals surface area contributed by atoms with Gasteiger partial charge in [-0.15, -0.1) is 0 Å². The molecule has 0 radical (unpaired) electrons. The Morgan fingerprint density at radius 2 is 1.74 bits per heavy atom. The van der Waals surface area contributed by atoms with E-state index in [1.807, 2.05) is 48.2 Å². The minimum absolute atomic E-state index is 0.0829. The van der Waals surface area contributed by atoms with E-state index in [1.54, 1.807) is 22.5 Å². The number of piperidine rings is 1. The number of piperazine rings is 1. The zero-order chi connectivity index (χ0) is 24.2. The maximum atomic E-state index is 13.5. The van der Waals surface area contributed by atoms with Gasteiger partial charge < -0.3 is 14.5 Å². The third-order valence-corrected chi connectivity index (χ3v) is 8.77. The fourth-order valence-electron chi connectivity index (χ4n) is 4.85. The number of aryl methyl sites for hydroxylation is 1. The Bertz CT molecular complexity index is 1080. The zero-order valence-corrected chi connectivity index (χ0v) is 21.0. The summed E-state index contributed by atoms with van der Waals surface area (Å²) in [5, 5.41) is 0. The molecule has 0 saturated carbocycles. The first-order valence-corrected chi connectivity index (χ1v) is 13.4. The van der Waals surface area contributed by atoms with E-state index in [-0.39, 0.29) is 18.9 Å². The highest BCUT2D eigenvalue weighted by Gasteiger charge is 2.43. The number of rotatable bonds is 7. The lowest BCUT2D eigenvalue weighted by Crippen LogP contribution is -2.53. The molecule has 2 fully saturated rings. The average Bonchev–Trinajstić information content (AvgIpc) is 2.84. The lowest BCUT2D eigenvalue weighted by Gasteiger charge is -2.43. The topological polar surface area (TPSA) is 70.2 Å². The Morgan fingerprint density at radius 1 is 1.00 bits per heavy atom. The quantitative estimate of drug-likeness (QED) is 0.603. The molecule has 7 nitrogen and oxygen atoms in total. The molecule has 2 aliphatic rings. The Hall–Kier alpha value is -2.42. The van der Waals surface area contributed by atoms with Gasteiger partial charge in [-0.1, -0.05) is 30.3 Å². The number of ether oxygens (including phenoxy) is 1. The van der Waals surface area contributed by atoms with E-state index in [1.165, 1.54) is 0 Å². The molecule has 1 unspecified atom stereocenters. The van der Waals surface area contributed by atoms with Gasteiger partial charge in [0.2, 0.25) is 15.9 Å². The molecule has 1 atom stereocenters. The van der Waals surface area contributed by atoms with Gasteiger partial charge in [0.05, 0.1) is 11.5 Å². The van der Waals surface area contributed by atoms with Gasteiger partial charge in [0.25, 0.3) is 0 Å². The fourth-order valence-corrected chi connectivity index (χ4v) is 6.54. The van der Waals surface area contributed by atoms with Crippen molar-refractivity contribution in [2.24, 2.45) is 5.41 Å². The van der Waals surface area contributed by atoms with E-state index >= 15 is 0 Å². The lowest BCUT2D eigenvalue weighted by molar-refractivity contribution is -0.136. The minimum Gasteiger partial charge on any atom is -0.493 e. The number of carbonyl (C=O) groups is 1. The number of amides is 1. The van der Waals surface area contributed by atoms with Crippen molar-refractivity contribution in [3.05, 3.63) is 60.2 Å². The molecule has 0 N–H and O–H groups in total. The summed E-state index contributed by atoms with van der Waals surface area (Å²) >= 11 is 0. The number of likely N-dealkylation sites (N-methyl/N-ethyl adjacent to an activating group) is 1. The van der Waals surface area contributed by atoms with Gasteiger partial charge in [0, 0.05) is 51.1 Å². The van der Waals surface area contributed by atoms with Gasteiger partial charge in [-0.3, -0.25) is 4.79 Å². The molecular formula is C26H35N3O4S. The summed E-state index contributed by atoms with van der Waals surface area (Å²) in [6.07, 6.45) is 1.72. The third-order valence-electron chi connectivity index (χ3n) is 6.92. The minimum atomic E-state index is -3.66. The first kappa shape index (κ1) is 24.7. The summed E-state index contributed by atoms with van der Waals surface area (Å²) < 4.78 is 34.7. The predicted molar refractivity (Wildman–Crippen MR) is 132 cm³/mol. The monoisotopic (exact) mass is 485 g/mol. The maximum Gasteiger partial charge on any atom is 0.243 e. The Labute approximate surface area is 203 Å². The second kappa shape index (κ2) is 10.5. The van der Waals surface area contributed by atoms with Crippen LogP contribution in [0.5, 0.6) is 5.75 Å². The van der Waals surface area contributed by atoms with E-state index < -0.39 is 15.4 Å². The second-order valence-corrected chi connectivity index (χ2v) is 11.7. The van der Waals surface area contributed by atoms with Crippen molar-refractivity contribution in [1.82, 2.24) is 14.1 Å². The molecular weight excluding hydrogens is 450 g/mol. The smallest absolute Gasteiger partial charge is 0.243 e. The van der Waals surface area contributed by atoms with Crippen LogP contribution in [0.1, 0.15) is 24.8 Å². The van der Waals surface area contributed by atoms with Crippen LogP contribution in [0.4, 0.5) is 0 Å². The third kappa shape index (κ3) is 5.79. The molecule has 2 aromatic carbocycles. The average molecular weight is 486 g/mol. The Kier molecular flexibility index (Phi) is 7.60. The summed E-state index contributed by atoms with van der Waals surface area (Å²) in [5.41, 5.74) is 0.327. The van der Waals surface area contributed by atoms with E-state index in [0.29, 0.717) is 37.6 Å². The van der Waals surface area contributed by atoms with Crippen molar-refractivity contribution in [3.8, 4) is 5.75 Å². The van der Waals surface area contributed by atoms with E-state index in [9.17, 15) is 13.2 Å². The summed E-state index contributed by atoms with van der Waals surface area (Å²) in [4.78, 5) is 17.8. The fraction of sp³-hybridized carbons (Fsp3) is 0.500. The van der Waals surface area contributed by atoms with E-state index in [0.717, 1.165) is 30.8 Å². The van der Waals surface area contributed by atoms with Gasteiger partial charge >= 0.3 is 0 Å². The van der Waals surface area contributed by atoms with Crippen LogP contribution in [0.15, 0.2) is 59.5 Å². The zero-order valence-electron chi connectivity index (χ0n) is 20.2. The normalized spacial score (nSPS) is 22.5. The van der Waals surface area contributed by atoms with E-state index in [2.05, 4.69) is 11.9 Å². The van der Waals surface area contributed by atoms with Crippen LogP contribution >= 0.6 is 0 Å². The number of sulfonamides is 1. The van der Waals surface area contributed by atoms with Gasteiger partial charge in [-0.2, -0.15) is 4.31 Å². The van der Waals surface area contributed by atoms with Gasteiger partial charge in [-0.25, -0.2) is 8.42 Å². The maximum absolute atomic E-state index is 13.5. The van der Waals surface area contributed by atoms with Crippen molar-refractivity contribution < 1.29 is 17.9 Å². The molecule has 0 spiro atoms. The number of hydrogen-bond donors (Lipinski definition) is 0. The highest BCUT2D eigenvalue weighted by Crippen LogP contribution is 2.37. The summed E-state index contributed by atoms with van der Waals surface area (Å²) in [5.74, 6) is 0.812. The van der Waals surface area contributed by atoms with Crippen LogP contribution in [0.25, 0.3) is 0 Å². The molecule has 2 aromatic rings. The molecule has 2 saturated heterocycles. The number of carbonyl (C=O) groups excluding carboxylic acids is 1. The highest BCUT2D eigenvalue weighted by molar-refractivity contribution is 7.89. The van der Waals surface area contributed by atoms with Crippen molar-refractivity contribution >= 4 is 15.9 Å². The van der Waals surface area contributed by atoms with Crippen molar-refractivity contribution in [1.29, 1.82) is 0 Å². The van der Waals surface area contributed by atoms with Crippen LogP contribution in [0.3, 0.4) is 0 Å². The predicted octanol–water partition coefficient (Wildman–Crippen LogP) is 3.01. The molecule has 8 heteroatoms. The first-order valence-electron chi connectivity index (χ1n) is 12.0. The largest absolute Gasteiger partial charge is 0.493 e. The van der Waals surface area contributed by atoms with Crippen LogP contribution < -0.4 is 4.74 Å². The van der Waals surface area contributed by atoms with Crippen molar-refractivity contribution in [2.45, 2.75) is 31.1 Å². The van der Waals surface area contributed by atoms with Crippen LogP contribution in [-0.4, -0.2) is 81.4 Å². The Balaban J connectivity index is 1.56. The van der Waals surface area contributed by atoms with Gasteiger partial charge in [0.1, 0.15) is 5.75 Å². The molecule has 34 heavy (non-hydrogen) atoms. The van der Waals surface area contributed by atoms with Crippen molar-refractivity contribution in [3.63, 3.8) is 0 Å². The summed E-state index contributed by atoms with van der Waals surface area (Å²) in [6, 6.07) is 16.5. The summed E-state index contributed by atoms with van der Waals surface area (Å²) in [7, 11) is -1.60. The number of benzene rings is 2. The standard InChI is InChI=1S/C26H35N3O4S/c1-22-8-6-11-24(18-22)34(31,32)29-13-7-12-26(20-29,21-33-23-9-4-3-5-10-23)19-25(30)28-16-14-27(2)15-17-28/h3-6,8-11,18H,7,12-17,19-21H2,1-2H3. The summed E-state index contributed by atoms with van der Waals surface area (Å²) in [6.45, 7) is 6.03.